The maximum atomic E-state index is 11.6. The van der Waals surface area contributed by atoms with E-state index in [1.807, 2.05) is 0 Å². The maximum absolute atomic E-state index is 11.6. The van der Waals surface area contributed by atoms with Crippen LogP contribution in [0.15, 0.2) is 24.3 Å². The Bertz CT molecular complexity index is 578. The first kappa shape index (κ1) is 16.7. The number of sulfone groups is 1. The Morgan fingerprint density at radius 1 is 1.29 bits per heavy atom. The Labute approximate surface area is 130 Å². The minimum atomic E-state index is -2.79. The molecule has 1 aromatic carbocycles. The van der Waals surface area contributed by atoms with Crippen LogP contribution in [-0.4, -0.2) is 34.5 Å². The van der Waals surface area contributed by atoms with Crippen LogP contribution in [0.1, 0.15) is 18.4 Å². The van der Waals surface area contributed by atoms with Gasteiger partial charge in [-0.05, 0) is 30.9 Å². The SMILES string of the molecule is C[Si](C)(C)c1cccc(CNCC2CCCS(=O)(=O)C2)c1. The van der Waals surface area contributed by atoms with Crippen LogP contribution >= 0.6 is 0 Å². The van der Waals surface area contributed by atoms with Gasteiger partial charge >= 0.3 is 0 Å². The van der Waals surface area contributed by atoms with Crippen LogP contribution in [0.5, 0.6) is 0 Å². The van der Waals surface area contributed by atoms with Crippen LogP contribution < -0.4 is 10.5 Å². The van der Waals surface area contributed by atoms with Crippen molar-refractivity contribution in [3.8, 4) is 0 Å². The van der Waals surface area contributed by atoms with Crippen molar-refractivity contribution in [1.29, 1.82) is 0 Å². The van der Waals surface area contributed by atoms with Crippen molar-refractivity contribution < 1.29 is 8.42 Å². The second-order valence-electron chi connectivity index (χ2n) is 7.20. The number of rotatable bonds is 5. The smallest absolute Gasteiger partial charge is 0.150 e. The van der Waals surface area contributed by atoms with Gasteiger partial charge in [0.15, 0.2) is 9.84 Å². The number of hydrogen-bond acceptors (Lipinski definition) is 3. The third kappa shape index (κ3) is 5.24. The molecule has 0 aliphatic carbocycles. The van der Waals surface area contributed by atoms with Crippen molar-refractivity contribution in [1.82, 2.24) is 5.32 Å². The fourth-order valence-electron chi connectivity index (χ4n) is 2.85. The lowest BCUT2D eigenvalue weighted by Crippen LogP contribution is -2.38. The van der Waals surface area contributed by atoms with Crippen molar-refractivity contribution in [3.05, 3.63) is 29.8 Å². The summed E-state index contributed by atoms with van der Waals surface area (Å²) >= 11 is 0. The molecule has 1 atom stereocenters. The zero-order chi connectivity index (χ0) is 15.5. The van der Waals surface area contributed by atoms with Crippen LogP contribution in [-0.2, 0) is 16.4 Å². The molecular weight excluding hydrogens is 298 g/mol. The first-order valence-electron chi connectivity index (χ1n) is 7.77. The molecule has 1 aliphatic rings. The minimum absolute atomic E-state index is 0.281. The van der Waals surface area contributed by atoms with Crippen molar-refractivity contribution in [2.75, 3.05) is 18.1 Å². The average molecular weight is 326 g/mol. The lowest BCUT2D eigenvalue weighted by atomic mass is 10.1. The van der Waals surface area contributed by atoms with Crippen LogP contribution in [0.4, 0.5) is 0 Å². The topological polar surface area (TPSA) is 46.2 Å². The molecule has 21 heavy (non-hydrogen) atoms. The Balaban J connectivity index is 1.86. The van der Waals surface area contributed by atoms with Gasteiger partial charge in [0.25, 0.3) is 0 Å². The largest absolute Gasteiger partial charge is 0.312 e. The molecule has 0 aromatic heterocycles. The first-order valence-corrected chi connectivity index (χ1v) is 13.1. The fourth-order valence-corrected chi connectivity index (χ4v) is 5.84. The molecule has 5 heteroatoms. The summed E-state index contributed by atoms with van der Waals surface area (Å²) in [6.45, 7) is 8.69. The third-order valence-electron chi connectivity index (χ3n) is 4.11. The monoisotopic (exact) mass is 325 g/mol. The van der Waals surface area contributed by atoms with E-state index in [0.29, 0.717) is 11.5 Å². The number of benzene rings is 1. The molecule has 0 spiro atoms. The lowest BCUT2D eigenvalue weighted by Gasteiger charge is -2.22. The maximum Gasteiger partial charge on any atom is 0.150 e. The first-order chi connectivity index (χ1) is 9.76. The summed E-state index contributed by atoms with van der Waals surface area (Å²) in [4.78, 5) is 0. The van der Waals surface area contributed by atoms with Crippen LogP contribution in [0.2, 0.25) is 19.6 Å². The molecule has 0 saturated carbocycles. The highest BCUT2D eigenvalue weighted by Crippen LogP contribution is 2.17. The van der Waals surface area contributed by atoms with Gasteiger partial charge in [-0.3, -0.25) is 0 Å². The average Bonchev–Trinajstić information content (AvgIpc) is 2.37. The van der Waals surface area contributed by atoms with E-state index in [1.54, 1.807) is 0 Å². The van der Waals surface area contributed by atoms with E-state index in [2.05, 4.69) is 49.2 Å². The van der Waals surface area contributed by atoms with Crippen molar-refractivity contribution >= 4 is 23.1 Å². The van der Waals surface area contributed by atoms with E-state index in [0.717, 1.165) is 25.9 Å². The number of hydrogen-bond donors (Lipinski definition) is 1. The highest BCUT2D eigenvalue weighted by atomic mass is 32.2. The predicted octanol–water partition coefficient (Wildman–Crippen LogP) is 2.15. The third-order valence-corrected chi connectivity index (χ3v) is 8.05. The predicted molar refractivity (Wildman–Crippen MR) is 92.5 cm³/mol. The van der Waals surface area contributed by atoms with Crippen molar-refractivity contribution in [2.24, 2.45) is 5.92 Å². The molecule has 1 aromatic rings. The van der Waals surface area contributed by atoms with Gasteiger partial charge in [0.2, 0.25) is 0 Å². The second-order valence-corrected chi connectivity index (χ2v) is 14.5. The van der Waals surface area contributed by atoms with E-state index in [1.165, 1.54) is 10.8 Å². The molecule has 1 unspecified atom stereocenters. The van der Waals surface area contributed by atoms with Crippen LogP contribution in [0, 0.1) is 5.92 Å². The molecule has 1 heterocycles. The Morgan fingerprint density at radius 2 is 2.05 bits per heavy atom. The normalized spacial score (nSPS) is 22.1. The van der Waals surface area contributed by atoms with Gasteiger partial charge in [0.1, 0.15) is 0 Å². The molecule has 118 valence electrons. The lowest BCUT2D eigenvalue weighted by molar-refractivity contribution is 0.453. The van der Waals surface area contributed by atoms with Gasteiger partial charge in [0.05, 0.1) is 19.6 Å². The highest BCUT2D eigenvalue weighted by molar-refractivity contribution is 7.91. The molecule has 0 bridgehead atoms. The summed E-state index contributed by atoms with van der Waals surface area (Å²) in [5, 5.41) is 4.91. The summed E-state index contributed by atoms with van der Waals surface area (Å²) in [7, 11) is -4.05. The van der Waals surface area contributed by atoms with E-state index >= 15 is 0 Å². The Morgan fingerprint density at radius 3 is 2.71 bits per heavy atom. The van der Waals surface area contributed by atoms with E-state index in [-0.39, 0.29) is 5.92 Å². The molecule has 0 amide bonds. The quantitative estimate of drug-likeness (QED) is 0.844. The van der Waals surface area contributed by atoms with Gasteiger partial charge in [-0.15, -0.1) is 0 Å². The zero-order valence-electron chi connectivity index (χ0n) is 13.4. The highest BCUT2D eigenvalue weighted by Gasteiger charge is 2.24. The molecule has 0 radical (unpaired) electrons. The Hall–Kier alpha value is -0.653. The molecule has 2 rings (SSSR count). The number of nitrogens with one attached hydrogen (secondary N) is 1. The summed E-state index contributed by atoms with van der Waals surface area (Å²) in [6.07, 6.45) is 1.85. The van der Waals surface area contributed by atoms with E-state index < -0.39 is 17.9 Å². The molecule has 1 N–H and O–H groups in total. The minimum Gasteiger partial charge on any atom is -0.312 e. The fraction of sp³-hybridized carbons (Fsp3) is 0.625. The van der Waals surface area contributed by atoms with E-state index in [9.17, 15) is 8.42 Å². The second kappa shape index (κ2) is 6.63. The summed E-state index contributed by atoms with van der Waals surface area (Å²) in [5.41, 5.74) is 1.30. The van der Waals surface area contributed by atoms with Gasteiger partial charge in [0, 0.05) is 6.54 Å². The van der Waals surface area contributed by atoms with Crippen molar-refractivity contribution in [3.63, 3.8) is 0 Å². The van der Waals surface area contributed by atoms with E-state index in [4.69, 9.17) is 0 Å². The summed E-state index contributed by atoms with van der Waals surface area (Å²) < 4.78 is 23.3. The van der Waals surface area contributed by atoms with Crippen LogP contribution in [0.3, 0.4) is 0 Å². The summed E-state index contributed by atoms with van der Waals surface area (Å²) in [6, 6.07) is 8.81. The molecule has 1 fully saturated rings. The van der Waals surface area contributed by atoms with Gasteiger partial charge < -0.3 is 5.32 Å². The molecule has 1 aliphatic heterocycles. The summed E-state index contributed by atoms with van der Waals surface area (Å²) in [5.74, 6) is 1.01. The van der Waals surface area contributed by atoms with Gasteiger partial charge in [-0.25, -0.2) is 8.42 Å². The van der Waals surface area contributed by atoms with Gasteiger partial charge in [-0.1, -0.05) is 49.1 Å². The molecule has 3 nitrogen and oxygen atoms in total. The Kier molecular flexibility index (Phi) is 5.27. The molecule has 1 saturated heterocycles. The standard InChI is InChI=1S/C16H27NO2SSi/c1-21(2,3)16-8-4-6-14(10-16)11-17-12-15-7-5-9-20(18,19)13-15/h4,6,8,10,15,17H,5,7,9,11-13H2,1-3H3. The zero-order valence-corrected chi connectivity index (χ0v) is 15.2. The van der Waals surface area contributed by atoms with Crippen LogP contribution in [0.25, 0.3) is 0 Å². The van der Waals surface area contributed by atoms with Crippen molar-refractivity contribution in [2.45, 2.75) is 39.0 Å². The van der Waals surface area contributed by atoms with Gasteiger partial charge in [-0.2, -0.15) is 0 Å². The molecular formula is C16H27NO2SSi.